The Hall–Kier alpha value is -4.05. The van der Waals surface area contributed by atoms with Gasteiger partial charge in [-0.1, -0.05) is 18.2 Å². The van der Waals surface area contributed by atoms with E-state index in [0.717, 1.165) is 11.8 Å². The van der Waals surface area contributed by atoms with Crippen LogP contribution in [0.3, 0.4) is 0 Å². The van der Waals surface area contributed by atoms with Gasteiger partial charge in [-0.15, -0.1) is 0 Å². The number of benzene rings is 2. The van der Waals surface area contributed by atoms with Crippen LogP contribution >= 0.6 is 0 Å². The SMILES string of the molecule is CC(NC(=O)c1nc(S(C)(=O)=O)n2ccccc12)c1ccc(NC(=O)c2ccc(F)cc2)cc1. The quantitative estimate of drug-likeness (QED) is 0.438. The molecule has 1 atom stereocenters. The van der Waals surface area contributed by atoms with Crippen LogP contribution in [0.2, 0.25) is 0 Å². The van der Waals surface area contributed by atoms with Gasteiger partial charge in [0.25, 0.3) is 11.8 Å². The molecule has 174 valence electrons. The van der Waals surface area contributed by atoms with E-state index in [4.69, 9.17) is 0 Å². The fourth-order valence-corrected chi connectivity index (χ4v) is 4.22. The molecule has 1 unspecified atom stereocenters. The molecule has 0 aliphatic rings. The van der Waals surface area contributed by atoms with Crippen LogP contribution in [0.25, 0.3) is 5.52 Å². The Morgan fingerprint density at radius 3 is 2.29 bits per heavy atom. The molecule has 2 aromatic heterocycles. The summed E-state index contributed by atoms with van der Waals surface area (Å²) in [7, 11) is -3.64. The van der Waals surface area contributed by atoms with Crippen molar-refractivity contribution in [3.63, 3.8) is 0 Å². The number of pyridine rings is 1. The van der Waals surface area contributed by atoms with Gasteiger partial charge >= 0.3 is 0 Å². The third-order valence-electron chi connectivity index (χ3n) is 5.19. The molecule has 4 aromatic rings. The molecule has 2 aromatic carbocycles. The highest BCUT2D eigenvalue weighted by molar-refractivity contribution is 7.90. The molecular formula is C24H21FN4O4S. The summed E-state index contributed by atoms with van der Waals surface area (Å²) in [6, 6.07) is 16.6. The molecule has 0 aliphatic heterocycles. The number of aromatic nitrogens is 2. The van der Waals surface area contributed by atoms with Crippen molar-refractivity contribution < 1.29 is 22.4 Å². The summed E-state index contributed by atoms with van der Waals surface area (Å²) < 4.78 is 38.6. The van der Waals surface area contributed by atoms with Gasteiger partial charge in [0.15, 0.2) is 5.69 Å². The van der Waals surface area contributed by atoms with Crippen LogP contribution in [0.15, 0.2) is 78.1 Å². The Labute approximate surface area is 195 Å². The number of hydrogen-bond donors (Lipinski definition) is 2. The van der Waals surface area contributed by atoms with Crippen molar-refractivity contribution in [1.82, 2.24) is 14.7 Å². The number of hydrogen-bond acceptors (Lipinski definition) is 5. The topological polar surface area (TPSA) is 110 Å². The fraction of sp³-hybridized carbons (Fsp3) is 0.125. The number of carbonyl (C=O) groups excluding carboxylic acids is 2. The minimum atomic E-state index is -3.64. The van der Waals surface area contributed by atoms with Gasteiger partial charge in [-0.05, 0) is 61.0 Å². The van der Waals surface area contributed by atoms with E-state index in [2.05, 4.69) is 15.6 Å². The average Bonchev–Trinajstić information content (AvgIpc) is 3.20. The number of sulfone groups is 1. The first-order valence-corrected chi connectivity index (χ1v) is 12.2. The number of carbonyl (C=O) groups is 2. The highest BCUT2D eigenvalue weighted by Gasteiger charge is 2.23. The van der Waals surface area contributed by atoms with E-state index in [1.807, 2.05) is 0 Å². The zero-order valence-corrected chi connectivity index (χ0v) is 19.1. The van der Waals surface area contributed by atoms with Gasteiger partial charge in [0.2, 0.25) is 15.0 Å². The molecule has 0 aliphatic carbocycles. The minimum Gasteiger partial charge on any atom is -0.344 e. The molecule has 2 amide bonds. The Balaban J connectivity index is 1.48. The molecule has 4 rings (SSSR count). The second-order valence-corrected chi connectivity index (χ2v) is 9.66. The first-order valence-electron chi connectivity index (χ1n) is 10.3. The van der Waals surface area contributed by atoms with Crippen LogP contribution in [0.4, 0.5) is 10.1 Å². The number of nitrogens with one attached hydrogen (secondary N) is 2. The molecule has 8 nitrogen and oxygen atoms in total. The van der Waals surface area contributed by atoms with Crippen molar-refractivity contribution in [2.24, 2.45) is 0 Å². The molecule has 0 spiro atoms. The van der Waals surface area contributed by atoms with Crippen LogP contribution < -0.4 is 10.6 Å². The van der Waals surface area contributed by atoms with Gasteiger partial charge in [0.05, 0.1) is 11.6 Å². The molecule has 0 radical (unpaired) electrons. The monoisotopic (exact) mass is 480 g/mol. The van der Waals surface area contributed by atoms with Crippen LogP contribution in [-0.4, -0.2) is 35.9 Å². The summed E-state index contributed by atoms with van der Waals surface area (Å²) in [5.74, 6) is -1.31. The lowest BCUT2D eigenvalue weighted by atomic mass is 10.1. The third-order valence-corrected chi connectivity index (χ3v) is 6.14. The van der Waals surface area contributed by atoms with Crippen LogP contribution in [-0.2, 0) is 9.84 Å². The normalized spacial score (nSPS) is 12.3. The molecule has 0 bridgehead atoms. The molecule has 0 saturated heterocycles. The smallest absolute Gasteiger partial charge is 0.272 e. The van der Waals surface area contributed by atoms with Crippen molar-refractivity contribution in [3.05, 3.63) is 95.6 Å². The highest BCUT2D eigenvalue weighted by atomic mass is 32.2. The van der Waals surface area contributed by atoms with E-state index < -0.39 is 27.6 Å². The van der Waals surface area contributed by atoms with Crippen LogP contribution in [0, 0.1) is 5.82 Å². The maximum Gasteiger partial charge on any atom is 0.272 e. The average molecular weight is 481 g/mol. The van der Waals surface area contributed by atoms with Crippen molar-refractivity contribution >= 4 is 32.9 Å². The summed E-state index contributed by atoms with van der Waals surface area (Å²) in [6.07, 6.45) is 2.58. The lowest BCUT2D eigenvalue weighted by Gasteiger charge is -2.14. The second kappa shape index (κ2) is 9.06. The van der Waals surface area contributed by atoms with Crippen molar-refractivity contribution in [2.75, 3.05) is 11.6 Å². The Morgan fingerprint density at radius 1 is 0.971 bits per heavy atom. The molecule has 34 heavy (non-hydrogen) atoms. The first-order chi connectivity index (χ1) is 16.1. The number of nitrogens with zero attached hydrogens (tertiary/aromatic N) is 2. The van der Waals surface area contributed by atoms with E-state index in [9.17, 15) is 22.4 Å². The van der Waals surface area contributed by atoms with E-state index in [1.54, 1.807) is 49.4 Å². The van der Waals surface area contributed by atoms with Crippen molar-refractivity contribution in [3.8, 4) is 0 Å². The highest BCUT2D eigenvalue weighted by Crippen LogP contribution is 2.20. The maximum absolute atomic E-state index is 13.0. The number of imidazole rings is 1. The summed E-state index contributed by atoms with van der Waals surface area (Å²) >= 11 is 0. The standard InChI is InChI=1S/C24H21FN4O4S/c1-15(16-8-12-19(13-9-16)27-22(30)17-6-10-18(25)11-7-17)26-23(31)21-20-5-3-4-14-29(20)24(28-21)34(2,32)33/h3-15H,1-2H3,(H,26,31)(H,27,30). The molecule has 2 N–H and O–H groups in total. The Morgan fingerprint density at radius 2 is 1.65 bits per heavy atom. The number of halogens is 1. The molecule has 0 fully saturated rings. The van der Waals surface area contributed by atoms with Gasteiger partial charge in [-0.2, -0.15) is 0 Å². The van der Waals surface area contributed by atoms with Crippen molar-refractivity contribution in [2.45, 2.75) is 18.1 Å². The van der Waals surface area contributed by atoms with E-state index in [0.29, 0.717) is 16.8 Å². The lowest BCUT2D eigenvalue weighted by molar-refractivity contribution is 0.0936. The van der Waals surface area contributed by atoms with Crippen LogP contribution in [0.1, 0.15) is 39.4 Å². The molecular weight excluding hydrogens is 459 g/mol. The third kappa shape index (κ3) is 4.81. The summed E-state index contributed by atoms with van der Waals surface area (Å²) in [6.45, 7) is 1.78. The van der Waals surface area contributed by atoms with Gasteiger partial charge in [-0.25, -0.2) is 17.8 Å². The lowest BCUT2D eigenvalue weighted by Crippen LogP contribution is -2.27. The van der Waals surface area contributed by atoms with Gasteiger partial charge < -0.3 is 10.6 Å². The summed E-state index contributed by atoms with van der Waals surface area (Å²) in [5, 5.41) is 5.35. The van der Waals surface area contributed by atoms with Gasteiger partial charge in [-0.3, -0.25) is 14.0 Å². The molecule has 10 heteroatoms. The Kier molecular flexibility index (Phi) is 6.16. The van der Waals surface area contributed by atoms with Crippen LogP contribution in [0.5, 0.6) is 0 Å². The van der Waals surface area contributed by atoms with Gasteiger partial charge in [0.1, 0.15) is 5.82 Å². The van der Waals surface area contributed by atoms with Crippen molar-refractivity contribution in [1.29, 1.82) is 0 Å². The predicted octanol–water partition coefficient (Wildman–Crippen LogP) is 3.62. The number of rotatable bonds is 6. The maximum atomic E-state index is 13.0. The number of amides is 2. The zero-order chi connectivity index (χ0) is 24.5. The summed E-state index contributed by atoms with van der Waals surface area (Å²) in [5.41, 5.74) is 2.02. The second-order valence-electron chi connectivity index (χ2n) is 7.75. The molecule has 2 heterocycles. The zero-order valence-electron chi connectivity index (χ0n) is 18.3. The minimum absolute atomic E-state index is 0.0102. The fourth-order valence-electron chi connectivity index (χ4n) is 3.45. The first kappa shape index (κ1) is 23.1. The van der Waals surface area contributed by atoms with E-state index >= 15 is 0 Å². The number of anilines is 1. The Bertz CT molecular complexity index is 1480. The largest absolute Gasteiger partial charge is 0.344 e. The van der Waals surface area contributed by atoms with E-state index in [1.165, 1.54) is 34.9 Å². The summed E-state index contributed by atoms with van der Waals surface area (Å²) in [4.78, 5) is 29.3. The van der Waals surface area contributed by atoms with E-state index in [-0.39, 0.29) is 16.8 Å². The number of fused-ring (bicyclic) bond motifs is 1. The predicted molar refractivity (Wildman–Crippen MR) is 125 cm³/mol. The molecule has 0 saturated carbocycles. The van der Waals surface area contributed by atoms with Gasteiger partial charge in [0, 0.05) is 23.7 Å².